The van der Waals surface area contributed by atoms with Gasteiger partial charge in [0.05, 0.1) is 16.9 Å². The molecule has 146 valence electrons. The number of amides is 1. The predicted octanol–water partition coefficient (Wildman–Crippen LogP) is 3.75. The Morgan fingerprint density at radius 3 is 2.50 bits per heavy atom. The van der Waals surface area contributed by atoms with E-state index in [0.29, 0.717) is 16.7 Å². The van der Waals surface area contributed by atoms with E-state index in [4.69, 9.17) is 0 Å². The van der Waals surface area contributed by atoms with Crippen LogP contribution in [0.2, 0.25) is 0 Å². The van der Waals surface area contributed by atoms with Crippen molar-refractivity contribution in [3.8, 4) is 0 Å². The minimum absolute atomic E-state index is 0.140. The smallest absolute Gasteiger partial charge is 0.261 e. The Bertz CT molecular complexity index is 1040. The van der Waals surface area contributed by atoms with E-state index in [2.05, 4.69) is 10.3 Å². The van der Waals surface area contributed by atoms with Crippen molar-refractivity contribution in [2.45, 2.75) is 39.8 Å². The average molecular weight is 381 g/mol. The molecule has 0 spiro atoms. The maximum atomic E-state index is 13.2. The van der Waals surface area contributed by atoms with Crippen molar-refractivity contribution in [3.05, 3.63) is 76.1 Å². The first-order chi connectivity index (χ1) is 13.4. The summed E-state index contributed by atoms with van der Waals surface area (Å²) in [4.78, 5) is 29.7. The van der Waals surface area contributed by atoms with E-state index in [-0.39, 0.29) is 42.2 Å². The Morgan fingerprint density at radius 2 is 1.82 bits per heavy atom. The number of hydrogen-bond acceptors (Lipinski definition) is 3. The Balaban J connectivity index is 1.74. The van der Waals surface area contributed by atoms with Gasteiger partial charge >= 0.3 is 0 Å². The lowest BCUT2D eigenvalue weighted by Gasteiger charge is -2.23. The Morgan fingerprint density at radius 1 is 1.14 bits per heavy atom. The van der Waals surface area contributed by atoms with Crippen LogP contribution in [0.1, 0.15) is 37.7 Å². The summed E-state index contributed by atoms with van der Waals surface area (Å²) in [7, 11) is 0. The van der Waals surface area contributed by atoms with Gasteiger partial charge in [0.25, 0.3) is 5.56 Å². The van der Waals surface area contributed by atoms with Gasteiger partial charge in [-0.25, -0.2) is 9.37 Å². The van der Waals surface area contributed by atoms with Crippen molar-refractivity contribution in [2.75, 3.05) is 0 Å². The normalized spacial score (nSPS) is 12.3. The molecule has 1 heterocycles. The van der Waals surface area contributed by atoms with Crippen molar-refractivity contribution >= 4 is 16.8 Å². The number of rotatable bonds is 6. The third-order valence-electron chi connectivity index (χ3n) is 4.83. The monoisotopic (exact) mass is 381 g/mol. The van der Waals surface area contributed by atoms with Crippen molar-refractivity contribution in [3.63, 3.8) is 0 Å². The summed E-state index contributed by atoms with van der Waals surface area (Å²) >= 11 is 0. The molecule has 0 bridgehead atoms. The molecule has 1 aromatic heterocycles. The van der Waals surface area contributed by atoms with Crippen LogP contribution in [-0.2, 0) is 11.3 Å². The fourth-order valence-corrected chi connectivity index (χ4v) is 3.31. The molecule has 0 radical (unpaired) electrons. The van der Waals surface area contributed by atoms with Crippen molar-refractivity contribution < 1.29 is 9.18 Å². The van der Waals surface area contributed by atoms with Gasteiger partial charge in [-0.15, -0.1) is 0 Å². The second-order valence-corrected chi connectivity index (χ2v) is 7.22. The molecule has 1 N–H and O–H groups in total. The topological polar surface area (TPSA) is 64.0 Å². The molecule has 6 heteroatoms. The molecule has 28 heavy (non-hydrogen) atoms. The highest BCUT2D eigenvalue weighted by molar-refractivity contribution is 5.78. The maximum absolute atomic E-state index is 13.2. The number of carbonyl (C=O) groups excluding carboxylic acids is 1. The molecule has 1 unspecified atom stereocenters. The summed E-state index contributed by atoms with van der Waals surface area (Å²) in [5, 5.41) is 3.54. The molecule has 0 aliphatic carbocycles. The van der Waals surface area contributed by atoms with E-state index in [9.17, 15) is 14.0 Å². The number of nitrogens with one attached hydrogen (secondary N) is 1. The number of hydrogen-bond donors (Lipinski definition) is 1. The quantitative estimate of drug-likeness (QED) is 0.707. The number of carbonyl (C=O) groups is 1. The molecular formula is C22H24FN3O2. The third kappa shape index (κ3) is 4.27. The van der Waals surface area contributed by atoms with Crippen LogP contribution in [0.4, 0.5) is 4.39 Å². The molecule has 0 aliphatic rings. The summed E-state index contributed by atoms with van der Waals surface area (Å²) in [5.74, 6) is 0.246. The van der Waals surface area contributed by atoms with Gasteiger partial charge in [0.2, 0.25) is 5.91 Å². The number of benzene rings is 2. The molecular weight excluding hydrogens is 357 g/mol. The number of halogens is 1. The van der Waals surface area contributed by atoms with E-state index < -0.39 is 0 Å². The molecule has 1 amide bonds. The minimum atomic E-state index is -0.309. The second kappa shape index (κ2) is 8.33. The van der Waals surface area contributed by atoms with E-state index in [0.717, 1.165) is 5.56 Å². The number of nitrogens with zero attached hydrogens (tertiary/aromatic N) is 2. The van der Waals surface area contributed by atoms with Gasteiger partial charge in [-0.1, -0.05) is 38.1 Å². The van der Waals surface area contributed by atoms with Gasteiger partial charge < -0.3 is 5.32 Å². The molecule has 0 saturated carbocycles. The Hall–Kier alpha value is -3.02. The van der Waals surface area contributed by atoms with Gasteiger partial charge in [-0.05, 0) is 42.7 Å². The van der Waals surface area contributed by atoms with Gasteiger partial charge in [0.1, 0.15) is 11.6 Å². The Kier molecular flexibility index (Phi) is 5.87. The van der Waals surface area contributed by atoms with Crippen LogP contribution in [0.15, 0.2) is 53.3 Å². The van der Waals surface area contributed by atoms with Crippen LogP contribution in [0.5, 0.6) is 0 Å². The SMILES string of the molecule is Cc1nc2ccccc2c(=O)n1CCC(=O)NC(c1ccc(F)cc1)C(C)C. The third-order valence-corrected chi connectivity index (χ3v) is 4.83. The van der Waals surface area contributed by atoms with Crippen LogP contribution in [-0.4, -0.2) is 15.5 Å². The van der Waals surface area contributed by atoms with E-state index in [1.807, 2.05) is 19.9 Å². The summed E-state index contributed by atoms with van der Waals surface area (Å²) in [6, 6.07) is 13.1. The van der Waals surface area contributed by atoms with Crippen LogP contribution in [0, 0.1) is 18.7 Å². The summed E-state index contributed by atoms with van der Waals surface area (Å²) in [6.45, 7) is 6.01. The zero-order valence-electron chi connectivity index (χ0n) is 16.3. The van der Waals surface area contributed by atoms with Gasteiger partial charge in [0.15, 0.2) is 0 Å². The summed E-state index contributed by atoms with van der Waals surface area (Å²) in [5.41, 5.74) is 1.36. The van der Waals surface area contributed by atoms with E-state index >= 15 is 0 Å². The molecule has 3 rings (SSSR count). The van der Waals surface area contributed by atoms with Crippen LogP contribution < -0.4 is 10.9 Å². The highest BCUT2D eigenvalue weighted by Gasteiger charge is 2.19. The molecule has 1 atom stereocenters. The van der Waals surface area contributed by atoms with Crippen molar-refractivity contribution in [1.82, 2.24) is 14.9 Å². The summed E-state index contributed by atoms with van der Waals surface area (Å²) in [6.07, 6.45) is 0.158. The van der Waals surface area contributed by atoms with E-state index in [1.54, 1.807) is 37.3 Å². The van der Waals surface area contributed by atoms with Crippen molar-refractivity contribution in [2.24, 2.45) is 5.92 Å². The van der Waals surface area contributed by atoms with Crippen LogP contribution in [0.25, 0.3) is 10.9 Å². The minimum Gasteiger partial charge on any atom is -0.349 e. The zero-order valence-corrected chi connectivity index (χ0v) is 16.3. The van der Waals surface area contributed by atoms with Gasteiger partial charge in [-0.2, -0.15) is 0 Å². The molecule has 5 nitrogen and oxygen atoms in total. The van der Waals surface area contributed by atoms with E-state index in [1.165, 1.54) is 16.7 Å². The predicted molar refractivity (Wildman–Crippen MR) is 107 cm³/mol. The first-order valence-corrected chi connectivity index (χ1v) is 9.38. The lowest BCUT2D eigenvalue weighted by atomic mass is 9.96. The first-order valence-electron chi connectivity index (χ1n) is 9.38. The molecule has 3 aromatic rings. The Labute approximate surface area is 163 Å². The average Bonchev–Trinajstić information content (AvgIpc) is 2.66. The van der Waals surface area contributed by atoms with Gasteiger partial charge in [-0.3, -0.25) is 14.2 Å². The highest BCUT2D eigenvalue weighted by atomic mass is 19.1. The summed E-state index contributed by atoms with van der Waals surface area (Å²) < 4.78 is 14.7. The lowest BCUT2D eigenvalue weighted by molar-refractivity contribution is -0.122. The lowest BCUT2D eigenvalue weighted by Crippen LogP contribution is -2.33. The molecule has 0 fully saturated rings. The fourth-order valence-electron chi connectivity index (χ4n) is 3.31. The maximum Gasteiger partial charge on any atom is 0.261 e. The van der Waals surface area contributed by atoms with Crippen LogP contribution >= 0.6 is 0 Å². The van der Waals surface area contributed by atoms with Crippen LogP contribution in [0.3, 0.4) is 0 Å². The standard InChI is InChI=1S/C22H24FN3O2/c1-14(2)21(16-8-10-17(23)11-9-16)25-20(27)12-13-26-15(3)24-19-7-5-4-6-18(19)22(26)28/h4-11,14,21H,12-13H2,1-3H3,(H,25,27). The zero-order chi connectivity index (χ0) is 20.3. The first kappa shape index (κ1) is 19.7. The second-order valence-electron chi connectivity index (χ2n) is 7.22. The molecule has 0 saturated heterocycles. The largest absolute Gasteiger partial charge is 0.349 e. The number of fused-ring (bicyclic) bond motifs is 1. The number of aryl methyl sites for hydroxylation is 1. The molecule has 0 aliphatic heterocycles. The van der Waals surface area contributed by atoms with Gasteiger partial charge in [0, 0.05) is 13.0 Å². The molecule has 2 aromatic carbocycles. The highest BCUT2D eigenvalue weighted by Crippen LogP contribution is 2.22. The number of para-hydroxylation sites is 1. The number of aromatic nitrogens is 2. The fraction of sp³-hybridized carbons (Fsp3) is 0.318. The van der Waals surface area contributed by atoms with Crippen molar-refractivity contribution in [1.29, 1.82) is 0 Å².